The fourth-order valence-electron chi connectivity index (χ4n) is 3.76. The van der Waals surface area contributed by atoms with E-state index in [9.17, 15) is 4.79 Å². The number of hydrogen-bond acceptors (Lipinski definition) is 4. The van der Waals surface area contributed by atoms with E-state index < -0.39 is 0 Å². The summed E-state index contributed by atoms with van der Waals surface area (Å²) in [5.41, 5.74) is 3.36. The maximum absolute atomic E-state index is 12.7. The molecule has 1 fully saturated rings. The van der Waals surface area contributed by atoms with Crippen LogP contribution >= 0.6 is 0 Å². The fraction of sp³-hybridized carbons (Fsp3) is 0.421. The Morgan fingerprint density at radius 1 is 1.28 bits per heavy atom. The van der Waals surface area contributed by atoms with Gasteiger partial charge in [-0.2, -0.15) is 0 Å². The van der Waals surface area contributed by atoms with Gasteiger partial charge in [0.1, 0.15) is 11.9 Å². The first-order chi connectivity index (χ1) is 12.1. The maximum Gasteiger partial charge on any atom is 0.255 e. The molecule has 6 heteroatoms. The van der Waals surface area contributed by atoms with Gasteiger partial charge in [0.25, 0.3) is 5.91 Å². The summed E-state index contributed by atoms with van der Waals surface area (Å²) in [5.74, 6) is 1.14. The molecule has 0 saturated heterocycles. The topological polar surface area (TPSA) is 72.4 Å². The number of aryl methyl sites for hydroxylation is 2. The van der Waals surface area contributed by atoms with Crippen molar-refractivity contribution >= 4 is 11.6 Å². The highest BCUT2D eigenvalue weighted by Crippen LogP contribution is 2.32. The lowest BCUT2D eigenvalue weighted by molar-refractivity contribution is 0.0926. The Bertz CT molecular complexity index is 890. The molecule has 0 bridgehead atoms. The summed E-state index contributed by atoms with van der Waals surface area (Å²) >= 11 is 0. The van der Waals surface area contributed by atoms with Crippen LogP contribution in [-0.2, 0) is 0 Å². The highest BCUT2D eigenvalue weighted by Gasteiger charge is 2.26. The highest BCUT2D eigenvalue weighted by atomic mass is 16.3. The van der Waals surface area contributed by atoms with Crippen molar-refractivity contribution in [3.63, 3.8) is 0 Å². The Kier molecular flexibility index (Phi) is 4.03. The van der Waals surface area contributed by atoms with Gasteiger partial charge >= 0.3 is 0 Å². The van der Waals surface area contributed by atoms with Crippen LogP contribution in [0.4, 0.5) is 0 Å². The molecular formula is C19H22N4O2. The van der Waals surface area contributed by atoms with Crippen molar-refractivity contribution in [3.8, 4) is 0 Å². The van der Waals surface area contributed by atoms with Crippen molar-refractivity contribution in [1.82, 2.24) is 19.7 Å². The first kappa shape index (κ1) is 15.9. The van der Waals surface area contributed by atoms with Crippen molar-refractivity contribution < 1.29 is 9.21 Å². The Morgan fingerprint density at radius 3 is 2.80 bits per heavy atom. The standard InChI is InChI=1S/C19H22N4O2/c1-12-11-13(2)23-9-7-16(17(23)21-12)18(24)22-15-5-3-14(4-6-15)19-20-8-10-25-19/h7-11,14-15H,3-6H2,1-2H3,(H,22,24). The van der Waals surface area contributed by atoms with Crippen LogP contribution in [0.3, 0.4) is 0 Å². The second-order valence-corrected chi connectivity index (χ2v) is 6.85. The molecule has 6 nitrogen and oxygen atoms in total. The summed E-state index contributed by atoms with van der Waals surface area (Å²) < 4.78 is 7.37. The summed E-state index contributed by atoms with van der Waals surface area (Å²) in [6.45, 7) is 3.97. The molecule has 4 rings (SSSR count). The molecule has 1 amide bonds. The number of carbonyl (C=O) groups excluding carboxylic acids is 1. The van der Waals surface area contributed by atoms with E-state index in [1.54, 1.807) is 12.5 Å². The monoisotopic (exact) mass is 338 g/mol. The van der Waals surface area contributed by atoms with Crippen LogP contribution in [0.2, 0.25) is 0 Å². The Labute approximate surface area is 146 Å². The van der Waals surface area contributed by atoms with Gasteiger partial charge in [0.15, 0.2) is 5.89 Å². The molecule has 1 saturated carbocycles. The van der Waals surface area contributed by atoms with Crippen LogP contribution in [0.5, 0.6) is 0 Å². The van der Waals surface area contributed by atoms with Crippen LogP contribution in [0.1, 0.15) is 59.2 Å². The minimum atomic E-state index is -0.0421. The van der Waals surface area contributed by atoms with Crippen molar-refractivity contribution in [3.05, 3.63) is 53.6 Å². The predicted molar refractivity (Wildman–Crippen MR) is 93.6 cm³/mol. The second-order valence-electron chi connectivity index (χ2n) is 6.85. The van der Waals surface area contributed by atoms with Crippen molar-refractivity contribution in [2.24, 2.45) is 0 Å². The molecule has 0 unspecified atom stereocenters. The summed E-state index contributed by atoms with van der Waals surface area (Å²) in [6, 6.07) is 4.06. The number of aromatic nitrogens is 3. The molecule has 3 aromatic heterocycles. The molecule has 0 atom stereocenters. The Hall–Kier alpha value is -2.63. The van der Waals surface area contributed by atoms with Crippen molar-refractivity contribution in [2.75, 3.05) is 0 Å². The second kappa shape index (κ2) is 6.35. The third-order valence-corrected chi connectivity index (χ3v) is 5.05. The maximum atomic E-state index is 12.7. The minimum absolute atomic E-state index is 0.0421. The zero-order valence-corrected chi connectivity index (χ0v) is 14.5. The van der Waals surface area contributed by atoms with E-state index in [-0.39, 0.29) is 11.9 Å². The van der Waals surface area contributed by atoms with E-state index in [1.165, 1.54) is 0 Å². The number of nitrogens with one attached hydrogen (secondary N) is 1. The van der Waals surface area contributed by atoms with Gasteiger partial charge < -0.3 is 14.1 Å². The lowest BCUT2D eigenvalue weighted by Gasteiger charge is -2.27. The number of nitrogens with zero attached hydrogens (tertiary/aromatic N) is 3. The number of fused-ring (bicyclic) bond motifs is 1. The van der Waals surface area contributed by atoms with Gasteiger partial charge in [-0.05, 0) is 51.7 Å². The minimum Gasteiger partial charge on any atom is -0.449 e. The van der Waals surface area contributed by atoms with Crippen LogP contribution < -0.4 is 5.32 Å². The SMILES string of the molecule is Cc1cc(C)n2ccc(C(=O)NC3CCC(c4ncco4)CC3)c2n1. The molecular weight excluding hydrogens is 316 g/mol. The van der Waals surface area contributed by atoms with Gasteiger partial charge in [0, 0.05) is 29.5 Å². The molecule has 3 aromatic rings. The normalized spacial score (nSPS) is 20.7. The number of hydrogen-bond donors (Lipinski definition) is 1. The Balaban J connectivity index is 1.45. The molecule has 1 aliphatic carbocycles. The summed E-state index contributed by atoms with van der Waals surface area (Å²) in [6.07, 6.45) is 9.07. The highest BCUT2D eigenvalue weighted by molar-refractivity contribution is 6.00. The smallest absolute Gasteiger partial charge is 0.255 e. The van der Waals surface area contributed by atoms with Gasteiger partial charge in [0.05, 0.1) is 11.8 Å². The summed E-state index contributed by atoms with van der Waals surface area (Å²) in [4.78, 5) is 21.5. The predicted octanol–water partition coefficient (Wildman–Crippen LogP) is 3.40. The number of carbonyl (C=O) groups is 1. The van der Waals surface area contributed by atoms with Gasteiger partial charge in [-0.25, -0.2) is 9.97 Å². The number of amides is 1. The first-order valence-corrected chi connectivity index (χ1v) is 8.77. The fourth-order valence-corrected chi connectivity index (χ4v) is 3.76. The largest absolute Gasteiger partial charge is 0.449 e. The number of oxazole rings is 1. The van der Waals surface area contributed by atoms with Gasteiger partial charge in [-0.1, -0.05) is 0 Å². The van der Waals surface area contributed by atoms with Gasteiger partial charge in [0.2, 0.25) is 0 Å². The van der Waals surface area contributed by atoms with Crippen molar-refractivity contribution in [1.29, 1.82) is 0 Å². The molecule has 130 valence electrons. The van der Waals surface area contributed by atoms with Crippen LogP contribution in [-0.4, -0.2) is 26.3 Å². The first-order valence-electron chi connectivity index (χ1n) is 8.77. The quantitative estimate of drug-likeness (QED) is 0.794. The zero-order chi connectivity index (χ0) is 17.4. The molecule has 0 aliphatic heterocycles. The number of rotatable bonds is 3. The summed E-state index contributed by atoms with van der Waals surface area (Å²) in [5, 5.41) is 3.17. The molecule has 0 spiro atoms. The van der Waals surface area contributed by atoms with Crippen molar-refractivity contribution in [2.45, 2.75) is 51.5 Å². The molecule has 25 heavy (non-hydrogen) atoms. The Morgan fingerprint density at radius 2 is 2.08 bits per heavy atom. The van der Waals surface area contributed by atoms with E-state index in [2.05, 4.69) is 15.3 Å². The molecule has 3 heterocycles. The average molecular weight is 338 g/mol. The van der Waals surface area contributed by atoms with E-state index in [1.807, 2.05) is 36.6 Å². The van der Waals surface area contributed by atoms with E-state index in [4.69, 9.17) is 4.42 Å². The lowest BCUT2D eigenvalue weighted by atomic mass is 9.86. The molecule has 1 N–H and O–H groups in total. The van der Waals surface area contributed by atoms with Gasteiger partial charge in [-0.15, -0.1) is 0 Å². The van der Waals surface area contributed by atoms with Crippen LogP contribution in [0.25, 0.3) is 5.65 Å². The third-order valence-electron chi connectivity index (χ3n) is 5.05. The van der Waals surface area contributed by atoms with E-state index >= 15 is 0 Å². The molecule has 1 aliphatic rings. The average Bonchev–Trinajstić information content (AvgIpc) is 3.25. The van der Waals surface area contributed by atoms with Gasteiger partial charge in [-0.3, -0.25) is 4.79 Å². The van der Waals surface area contributed by atoms with E-state index in [0.29, 0.717) is 11.5 Å². The third kappa shape index (κ3) is 3.04. The van der Waals surface area contributed by atoms with Crippen LogP contribution in [0.15, 0.2) is 35.2 Å². The molecule has 0 radical (unpaired) electrons. The summed E-state index contributed by atoms with van der Waals surface area (Å²) in [7, 11) is 0. The van der Waals surface area contributed by atoms with Crippen LogP contribution in [0, 0.1) is 13.8 Å². The van der Waals surface area contributed by atoms with E-state index in [0.717, 1.165) is 48.6 Å². The molecule has 0 aromatic carbocycles. The zero-order valence-electron chi connectivity index (χ0n) is 14.5. The lowest BCUT2D eigenvalue weighted by Crippen LogP contribution is -2.37.